The summed E-state index contributed by atoms with van der Waals surface area (Å²) in [5, 5.41) is 0. The second kappa shape index (κ2) is 8.02. The van der Waals surface area contributed by atoms with Crippen LogP contribution in [0.1, 0.15) is 37.3 Å². The number of nitrogens with one attached hydrogen (secondary N) is 1. The summed E-state index contributed by atoms with van der Waals surface area (Å²) in [6.07, 6.45) is 4.29. The van der Waals surface area contributed by atoms with Crippen molar-refractivity contribution in [1.82, 2.24) is 9.62 Å². The topological polar surface area (TPSA) is 58.6 Å². The van der Waals surface area contributed by atoms with Crippen LogP contribution in [0, 0.1) is 0 Å². The van der Waals surface area contributed by atoms with Crippen LogP contribution in [0.15, 0.2) is 23.1 Å². The Hall–Kier alpha value is -1.51. The Bertz CT molecular complexity index is 781. The minimum absolute atomic E-state index is 0.0715. The molecule has 0 saturated carbocycles. The van der Waals surface area contributed by atoms with E-state index in [-0.39, 0.29) is 11.8 Å². The number of hydrogen-bond acceptors (Lipinski definition) is 4. The first-order valence-electron chi connectivity index (χ1n) is 8.90. The van der Waals surface area contributed by atoms with Crippen molar-refractivity contribution in [2.75, 3.05) is 19.6 Å². The van der Waals surface area contributed by atoms with E-state index in [9.17, 15) is 17.2 Å². The maximum Gasteiger partial charge on any atom is 0.387 e. The van der Waals surface area contributed by atoms with Gasteiger partial charge in [0.25, 0.3) is 0 Å². The second-order valence-corrected chi connectivity index (χ2v) is 8.47. The van der Waals surface area contributed by atoms with Crippen molar-refractivity contribution < 1.29 is 21.9 Å². The summed E-state index contributed by atoms with van der Waals surface area (Å²) in [6.45, 7) is 1.85. The first kappa shape index (κ1) is 19.3. The Kier molecular flexibility index (Phi) is 5.94. The number of ether oxygens (including phenoxy) is 1. The maximum atomic E-state index is 12.7. The summed E-state index contributed by atoms with van der Waals surface area (Å²) >= 11 is 0. The third-order valence-electron chi connectivity index (χ3n) is 4.92. The number of nitrogens with zero attached hydrogens (tertiary/aromatic N) is 1. The highest BCUT2D eigenvalue weighted by atomic mass is 32.2. The molecule has 2 aliphatic rings. The molecular formula is C18H24F2N2O3S. The Morgan fingerprint density at radius 3 is 2.88 bits per heavy atom. The van der Waals surface area contributed by atoms with E-state index >= 15 is 0 Å². The van der Waals surface area contributed by atoms with Crippen molar-refractivity contribution >= 4 is 16.1 Å². The molecule has 0 bridgehead atoms. The molecule has 1 fully saturated rings. The van der Waals surface area contributed by atoms with Crippen molar-refractivity contribution in [2.45, 2.75) is 45.3 Å². The van der Waals surface area contributed by atoms with Crippen LogP contribution in [0.3, 0.4) is 0 Å². The van der Waals surface area contributed by atoms with E-state index in [1.165, 1.54) is 6.07 Å². The molecule has 144 valence electrons. The third-order valence-corrected chi connectivity index (χ3v) is 6.57. The first-order valence-corrected chi connectivity index (χ1v) is 10.4. The molecule has 1 aliphatic carbocycles. The minimum Gasteiger partial charge on any atom is -0.435 e. The molecule has 0 unspecified atom stereocenters. The summed E-state index contributed by atoms with van der Waals surface area (Å²) in [7, 11) is -3.55. The minimum atomic E-state index is -3.55. The van der Waals surface area contributed by atoms with Gasteiger partial charge in [-0.15, -0.1) is 0 Å². The van der Waals surface area contributed by atoms with Gasteiger partial charge < -0.3 is 9.64 Å². The molecule has 1 atom stereocenters. The molecule has 1 N–H and O–H groups in total. The molecule has 1 aromatic carbocycles. The van der Waals surface area contributed by atoms with Crippen LogP contribution in [-0.4, -0.2) is 45.6 Å². The van der Waals surface area contributed by atoms with Gasteiger partial charge in [-0.05, 0) is 68.1 Å². The van der Waals surface area contributed by atoms with E-state index in [4.69, 9.17) is 0 Å². The smallest absolute Gasteiger partial charge is 0.387 e. The monoisotopic (exact) mass is 386 g/mol. The van der Waals surface area contributed by atoms with Crippen LogP contribution in [0.5, 0.6) is 5.75 Å². The molecule has 1 saturated heterocycles. The number of allylic oxidation sites excluding steroid dienone is 1. The normalized spacial score (nSPS) is 21.4. The fourth-order valence-electron chi connectivity index (χ4n) is 3.57. The zero-order valence-electron chi connectivity index (χ0n) is 14.7. The van der Waals surface area contributed by atoms with Gasteiger partial charge in [0, 0.05) is 12.6 Å². The van der Waals surface area contributed by atoms with Gasteiger partial charge in [0.05, 0.1) is 4.91 Å². The highest BCUT2D eigenvalue weighted by molar-refractivity contribution is 7.93. The van der Waals surface area contributed by atoms with E-state index in [0.29, 0.717) is 17.7 Å². The van der Waals surface area contributed by atoms with Crippen LogP contribution < -0.4 is 9.46 Å². The van der Waals surface area contributed by atoms with E-state index < -0.39 is 16.6 Å². The van der Waals surface area contributed by atoms with Crippen molar-refractivity contribution in [3.63, 3.8) is 0 Å². The summed E-state index contributed by atoms with van der Waals surface area (Å²) in [5.74, 6) is 0.0958. The van der Waals surface area contributed by atoms with E-state index in [0.717, 1.165) is 43.6 Å². The summed E-state index contributed by atoms with van der Waals surface area (Å²) in [5.41, 5.74) is 1.55. The summed E-state index contributed by atoms with van der Waals surface area (Å²) in [6, 6.07) is 4.54. The van der Waals surface area contributed by atoms with Gasteiger partial charge in [0.15, 0.2) is 0 Å². The number of piperidine rings is 1. The van der Waals surface area contributed by atoms with Crippen molar-refractivity contribution in [1.29, 1.82) is 0 Å². The number of fused-ring (bicyclic) bond motifs is 1. The highest BCUT2D eigenvalue weighted by Gasteiger charge is 2.27. The van der Waals surface area contributed by atoms with Crippen molar-refractivity contribution in [3.05, 3.63) is 34.2 Å². The van der Waals surface area contributed by atoms with Crippen LogP contribution in [0.25, 0.3) is 6.08 Å². The average Bonchev–Trinajstić information content (AvgIpc) is 2.60. The predicted octanol–water partition coefficient (Wildman–Crippen LogP) is 2.98. The van der Waals surface area contributed by atoms with Crippen molar-refractivity contribution in [2.24, 2.45) is 0 Å². The van der Waals surface area contributed by atoms with E-state index in [2.05, 4.69) is 21.3 Å². The number of likely N-dealkylation sites (N-methyl/N-ethyl adjacent to an activating group) is 1. The van der Waals surface area contributed by atoms with Crippen molar-refractivity contribution in [3.8, 4) is 5.75 Å². The van der Waals surface area contributed by atoms with Gasteiger partial charge in [-0.1, -0.05) is 13.0 Å². The lowest BCUT2D eigenvalue weighted by molar-refractivity contribution is -0.0498. The standard InChI is InChI=1S/C18H24F2N2O3S/c1-2-22-9-3-4-15(12-22)21-26(23,24)17-8-6-13-10-16(25-18(19)20)7-5-14(13)11-17/h5,7,10-11,15,18,21H,2-4,6,8-9,12H2,1H3/t15-/m0/s1. The summed E-state index contributed by atoms with van der Waals surface area (Å²) < 4.78 is 57.4. The fourth-order valence-corrected chi connectivity index (χ4v) is 5.00. The van der Waals surface area contributed by atoms with Crippen LogP contribution >= 0.6 is 0 Å². The Labute approximate surface area is 153 Å². The number of hydrogen-bond donors (Lipinski definition) is 1. The third kappa shape index (κ3) is 4.61. The molecule has 5 nitrogen and oxygen atoms in total. The van der Waals surface area contributed by atoms with E-state index in [1.807, 2.05) is 0 Å². The maximum absolute atomic E-state index is 12.7. The van der Waals surface area contributed by atoms with Gasteiger partial charge in [0.2, 0.25) is 10.0 Å². The molecule has 0 aromatic heterocycles. The molecule has 1 heterocycles. The lowest BCUT2D eigenvalue weighted by atomic mass is 9.97. The van der Waals surface area contributed by atoms with Gasteiger partial charge in [-0.3, -0.25) is 0 Å². The molecule has 0 spiro atoms. The molecule has 0 radical (unpaired) electrons. The Morgan fingerprint density at radius 1 is 1.35 bits per heavy atom. The SMILES string of the molecule is CCN1CCC[C@H](NS(=O)(=O)C2=Cc3ccc(OC(F)F)cc3CC2)C1. The number of rotatable bonds is 6. The predicted molar refractivity (Wildman–Crippen MR) is 96.6 cm³/mol. The fraction of sp³-hybridized carbons (Fsp3) is 0.556. The van der Waals surface area contributed by atoms with Gasteiger partial charge >= 0.3 is 6.61 Å². The molecule has 1 aromatic rings. The quantitative estimate of drug-likeness (QED) is 0.817. The van der Waals surface area contributed by atoms with Crippen LogP contribution in [-0.2, 0) is 16.4 Å². The largest absolute Gasteiger partial charge is 0.435 e. The average molecular weight is 386 g/mol. The van der Waals surface area contributed by atoms with Gasteiger partial charge in [-0.25, -0.2) is 13.1 Å². The number of halogens is 2. The highest BCUT2D eigenvalue weighted by Crippen LogP contribution is 2.30. The van der Waals surface area contributed by atoms with Gasteiger partial charge in [0.1, 0.15) is 5.75 Å². The molecule has 3 rings (SSSR count). The van der Waals surface area contributed by atoms with Crippen LogP contribution in [0.2, 0.25) is 0 Å². The second-order valence-electron chi connectivity index (χ2n) is 6.70. The number of alkyl halides is 2. The first-order chi connectivity index (χ1) is 12.4. The Morgan fingerprint density at radius 2 is 2.15 bits per heavy atom. The molecule has 26 heavy (non-hydrogen) atoms. The van der Waals surface area contributed by atoms with Crippen LogP contribution in [0.4, 0.5) is 8.78 Å². The summed E-state index contributed by atoms with van der Waals surface area (Å²) in [4.78, 5) is 2.59. The zero-order chi connectivity index (χ0) is 18.7. The number of sulfonamides is 1. The molecule has 0 amide bonds. The number of likely N-dealkylation sites (tertiary alicyclic amines) is 1. The number of benzene rings is 1. The molecule has 1 aliphatic heterocycles. The number of aryl methyl sites for hydroxylation is 1. The Balaban J connectivity index is 1.74. The van der Waals surface area contributed by atoms with Gasteiger partial charge in [-0.2, -0.15) is 8.78 Å². The van der Waals surface area contributed by atoms with E-state index in [1.54, 1.807) is 18.2 Å². The lowest BCUT2D eigenvalue weighted by Gasteiger charge is -2.32. The zero-order valence-corrected chi connectivity index (χ0v) is 15.6. The lowest BCUT2D eigenvalue weighted by Crippen LogP contribution is -2.47. The molecule has 8 heteroatoms. The molecular weight excluding hydrogens is 362 g/mol.